The van der Waals surface area contributed by atoms with Crippen molar-refractivity contribution in [3.8, 4) is 5.69 Å². The summed E-state index contributed by atoms with van der Waals surface area (Å²) in [6.45, 7) is 0.624. The van der Waals surface area contributed by atoms with E-state index in [1.807, 2.05) is 29.6 Å². The highest BCUT2D eigenvalue weighted by molar-refractivity contribution is 7.17. The maximum atomic E-state index is 6.34. The van der Waals surface area contributed by atoms with Crippen LogP contribution in [0.5, 0.6) is 0 Å². The van der Waals surface area contributed by atoms with Gasteiger partial charge < -0.3 is 4.57 Å². The molecule has 0 fully saturated rings. The van der Waals surface area contributed by atoms with Gasteiger partial charge in [0, 0.05) is 32.2 Å². The molecule has 0 saturated heterocycles. The number of hydrogen-bond acceptors (Lipinski definition) is 2. The lowest BCUT2D eigenvalue weighted by atomic mass is 10.1. The van der Waals surface area contributed by atoms with E-state index >= 15 is 0 Å². The molecule has 1 aliphatic heterocycles. The average molecular weight is 383 g/mol. The molecule has 0 bridgehead atoms. The van der Waals surface area contributed by atoms with Gasteiger partial charge in [0.2, 0.25) is 0 Å². The van der Waals surface area contributed by atoms with Crippen LogP contribution < -0.4 is 0 Å². The van der Waals surface area contributed by atoms with Crippen LogP contribution >= 0.6 is 34.5 Å². The smallest absolute Gasteiger partial charge is 0.0891 e. The summed E-state index contributed by atoms with van der Waals surface area (Å²) in [4.78, 5) is 4.91. The van der Waals surface area contributed by atoms with E-state index in [1.165, 1.54) is 4.70 Å². The molecule has 25 heavy (non-hydrogen) atoms. The van der Waals surface area contributed by atoms with Crippen LogP contribution in [0.3, 0.4) is 0 Å². The second-order valence-electron chi connectivity index (χ2n) is 6.00. The molecule has 0 saturated carbocycles. The Morgan fingerprint density at radius 3 is 2.88 bits per heavy atom. The quantitative estimate of drug-likeness (QED) is 0.364. The molecular formula is C20H12Cl2N2S. The first-order valence-corrected chi connectivity index (χ1v) is 9.52. The number of fused-ring (bicyclic) bond motifs is 4. The third kappa shape index (κ3) is 2.43. The Balaban J connectivity index is 1.73. The van der Waals surface area contributed by atoms with Crippen molar-refractivity contribution in [2.75, 3.05) is 0 Å². The molecule has 3 heterocycles. The summed E-state index contributed by atoms with van der Waals surface area (Å²) >= 11 is 14.2. The Hall–Kier alpha value is -2.07. The van der Waals surface area contributed by atoms with Crippen molar-refractivity contribution in [1.29, 1.82) is 0 Å². The summed E-state index contributed by atoms with van der Waals surface area (Å²) in [5, 5.41) is 4.58. The highest BCUT2D eigenvalue weighted by atomic mass is 35.5. The number of halogens is 2. The fourth-order valence-corrected chi connectivity index (χ4v) is 4.62. The molecule has 2 aromatic heterocycles. The number of rotatable bonds is 1. The minimum absolute atomic E-state index is 0.624. The van der Waals surface area contributed by atoms with Gasteiger partial charge in [-0.05, 0) is 42.0 Å². The highest BCUT2D eigenvalue weighted by Crippen LogP contribution is 2.32. The van der Waals surface area contributed by atoms with Gasteiger partial charge in [0.25, 0.3) is 0 Å². The lowest BCUT2D eigenvalue weighted by Gasteiger charge is -2.11. The van der Waals surface area contributed by atoms with Crippen LogP contribution in [0.2, 0.25) is 10.0 Å². The van der Waals surface area contributed by atoms with E-state index in [1.54, 1.807) is 11.3 Å². The van der Waals surface area contributed by atoms with Crippen LogP contribution in [0.25, 0.3) is 15.8 Å². The molecule has 0 spiro atoms. The van der Waals surface area contributed by atoms with Crippen LogP contribution in [-0.2, 0) is 6.54 Å². The molecule has 5 heteroatoms. The molecule has 2 aromatic carbocycles. The third-order valence-electron chi connectivity index (χ3n) is 4.51. The Morgan fingerprint density at radius 1 is 1.04 bits per heavy atom. The second kappa shape index (κ2) is 5.73. The van der Waals surface area contributed by atoms with E-state index < -0.39 is 0 Å². The zero-order valence-corrected chi connectivity index (χ0v) is 15.4. The molecule has 2 nitrogen and oxygen atoms in total. The van der Waals surface area contributed by atoms with Crippen molar-refractivity contribution in [1.82, 2.24) is 4.57 Å². The molecule has 0 N–H and O–H groups in total. The molecule has 0 aliphatic carbocycles. The summed E-state index contributed by atoms with van der Waals surface area (Å²) in [7, 11) is 0. The van der Waals surface area contributed by atoms with E-state index in [2.05, 4.69) is 35.0 Å². The minimum atomic E-state index is 0.624. The second-order valence-corrected chi connectivity index (χ2v) is 7.75. The molecule has 0 unspecified atom stereocenters. The first-order chi connectivity index (χ1) is 12.2. The number of thiophene rings is 1. The zero-order valence-electron chi connectivity index (χ0n) is 13.0. The molecule has 5 rings (SSSR count). The Bertz CT molecular complexity index is 1150. The van der Waals surface area contributed by atoms with Crippen LogP contribution in [-0.4, -0.2) is 10.3 Å². The fraction of sp³-hybridized carbons (Fsp3) is 0.0500. The highest BCUT2D eigenvalue weighted by Gasteiger charge is 2.19. The first kappa shape index (κ1) is 15.2. The van der Waals surface area contributed by atoms with Crippen LogP contribution in [0.4, 0.5) is 0 Å². The minimum Gasteiger partial charge on any atom is -0.315 e. The molecule has 122 valence electrons. The van der Waals surface area contributed by atoms with Gasteiger partial charge in [-0.3, -0.25) is 4.99 Å². The monoisotopic (exact) mass is 382 g/mol. The largest absolute Gasteiger partial charge is 0.315 e. The SMILES string of the molecule is Clc1ccc2c(c1)-n1cccc1C(c1ccc3scc(Cl)c3c1)=NC2. The van der Waals surface area contributed by atoms with Crippen molar-refractivity contribution in [2.45, 2.75) is 6.54 Å². The number of benzene rings is 2. The summed E-state index contributed by atoms with van der Waals surface area (Å²) in [6, 6.07) is 16.5. The summed E-state index contributed by atoms with van der Waals surface area (Å²) in [6.07, 6.45) is 2.06. The van der Waals surface area contributed by atoms with E-state index in [4.69, 9.17) is 28.2 Å². The molecule has 0 atom stereocenters. The summed E-state index contributed by atoms with van der Waals surface area (Å²) in [5.74, 6) is 0. The van der Waals surface area contributed by atoms with Crippen LogP contribution in [0, 0.1) is 0 Å². The summed E-state index contributed by atoms with van der Waals surface area (Å²) < 4.78 is 3.35. The van der Waals surface area contributed by atoms with Crippen molar-refractivity contribution in [3.05, 3.63) is 87.0 Å². The number of hydrogen-bond donors (Lipinski definition) is 0. The zero-order chi connectivity index (χ0) is 17.0. The fourth-order valence-electron chi connectivity index (χ4n) is 3.31. The number of aromatic nitrogens is 1. The maximum absolute atomic E-state index is 6.34. The average Bonchev–Trinajstić information content (AvgIpc) is 3.20. The standard InChI is InChI=1S/C20H12Cl2N2S/c21-14-5-3-13-10-23-20(17-2-1-7-24(17)18(13)9-14)12-4-6-19-15(8-12)16(22)11-25-19/h1-9,11H,10H2. The number of aliphatic imine (C=N–C) groups is 1. The normalized spacial score (nSPS) is 13.3. The molecule has 4 aromatic rings. The van der Waals surface area contributed by atoms with Gasteiger partial charge in [-0.2, -0.15) is 0 Å². The van der Waals surface area contributed by atoms with Crippen molar-refractivity contribution in [3.63, 3.8) is 0 Å². The predicted molar refractivity (Wildman–Crippen MR) is 107 cm³/mol. The molecular weight excluding hydrogens is 371 g/mol. The molecule has 0 amide bonds. The maximum Gasteiger partial charge on any atom is 0.0891 e. The van der Waals surface area contributed by atoms with Crippen molar-refractivity contribution in [2.24, 2.45) is 4.99 Å². The Morgan fingerprint density at radius 2 is 1.96 bits per heavy atom. The number of nitrogens with zero attached hydrogens (tertiary/aromatic N) is 2. The Kier molecular flexibility index (Phi) is 3.49. The van der Waals surface area contributed by atoms with Gasteiger partial charge in [-0.1, -0.05) is 35.3 Å². The van der Waals surface area contributed by atoms with Gasteiger partial charge in [-0.25, -0.2) is 0 Å². The Labute approximate surface area is 159 Å². The predicted octanol–water partition coefficient (Wildman–Crippen LogP) is 6.35. The first-order valence-electron chi connectivity index (χ1n) is 7.89. The van der Waals surface area contributed by atoms with Crippen molar-refractivity contribution < 1.29 is 0 Å². The topological polar surface area (TPSA) is 17.3 Å². The third-order valence-corrected chi connectivity index (χ3v) is 6.15. The van der Waals surface area contributed by atoms with Crippen LogP contribution in [0.1, 0.15) is 16.8 Å². The van der Waals surface area contributed by atoms with Gasteiger partial charge in [0.15, 0.2) is 0 Å². The summed E-state index contributed by atoms with van der Waals surface area (Å²) in [5.41, 5.74) is 5.35. The van der Waals surface area contributed by atoms with Crippen molar-refractivity contribution >= 4 is 50.3 Å². The van der Waals surface area contributed by atoms with Gasteiger partial charge in [0.05, 0.1) is 28.7 Å². The van der Waals surface area contributed by atoms with E-state index in [0.717, 1.165) is 43.7 Å². The van der Waals surface area contributed by atoms with Gasteiger partial charge >= 0.3 is 0 Å². The lowest BCUT2D eigenvalue weighted by molar-refractivity contribution is 1.02. The van der Waals surface area contributed by atoms with E-state index in [-0.39, 0.29) is 0 Å². The van der Waals surface area contributed by atoms with Gasteiger partial charge in [0.1, 0.15) is 0 Å². The lowest BCUT2D eigenvalue weighted by Crippen LogP contribution is -2.08. The van der Waals surface area contributed by atoms with Crippen LogP contribution in [0.15, 0.2) is 65.1 Å². The van der Waals surface area contributed by atoms with E-state index in [0.29, 0.717) is 6.54 Å². The van der Waals surface area contributed by atoms with E-state index in [9.17, 15) is 0 Å². The van der Waals surface area contributed by atoms with Gasteiger partial charge in [-0.15, -0.1) is 11.3 Å². The molecule has 1 aliphatic rings. The molecule has 0 radical (unpaired) electrons.